The van der Waals surface area contributed by atoms with Crippen LogP contribution in [0.15, 0.2) is 12.3 Å². The molecule has 1 unspecified atom stereocenters. The van der Waals surface area contributed by atoms with Crippen LogP contribution in [0.2, 0.25) is 0 Å². The average molecular weight is 251 g/mol. The van der Waals surface area contributed by atoms with E-state index in [0.29, 0.717) is 6.04 Å². The summed E-state index contributed by atoms with van der Waals surface area (Å²) < 4.78 is 2.12. The van der Waals surface area contributed by atoms with Gasteiger partial charge in [-0.15, -0.1) is 0 Å². The first-order valence-corrected chi connectivity index (χ1v) is 7.32. The highest BCUT2D eigenvalue weighted by molar-refractivity contribution is 5.03. The largest absolute Gasteiger partial charge is 0.330 e. The lowest BCUT2D eigenvalue weighted by Gasteiger charge is -2.26. The van der Waals surface area contributed by atoms with E-state index in [-0.39, 0.29) is 5.41 Å². The Bertz CT molecular complexity index is 341. The molecule has 2 N–H and O–H groups in total. The second-order valence-corrected chi connectivity index (χ2v) is 5.70. The molecule has 3 nitrogen and oxygen atoms in total. The van der Waals surface area contributed by atoms with Crippen LogP contribution in [0.5, 0.6) is 0 Å². The third-order valence-electron chi connectivity index (χ3n) is 3.93. The van der Waals surface area contributed by atoms with Crippen LogP contribution in [0.4, 0.5) is 0 Å². The van der Waals surface area contributed by atoms with Gasteiger partial charge in [-0.1, -0.05) is 34.1 Å². The molecule has 0 aliphatic heterocycles. The number of nitrogens with zero attached hydrogens (tertiary/aromatic N) is 2. The van der Waals surface area contributed by atoms with Gasteiger partial charge >= 0.3 is 0 Å². The van der Waals surface area contributed by atoms with Gasteiger partial charge in [-0.05, 0) is 43.7 Å². The highest BCUT2D eigenvalue weighted by Gasteiger charge is 2.23. The fourth-order valence-corrected chi connectivity index (χ4v) is 2.64. The van der Waals surface area contributed by atoms with Gasteiger partial charge < -0.3 is 5.73 Å². The predicted octanol–water partition coefficient (Wildman–Crippen LogP) is 3.55. The maximum absolute atomic E-state index is 5.93. The van der Waals surface area contributed by atoms with Crippen molar-refractivity contribution in [3.8, 4) is 0 Å². The van der Waals surface area contributed by atoms with E-state index in [1.807, 2.05) is 0 Å². The van der Waals surface area contributed by atoms with Gasteiger partial charge in [-0.25, -0.2) is 0 Å². The summed E-state index contributed by atoms with van der Waals surface area (Å²) in [6.45, 7) is 9.66. The normalized spacial score (nSPS) is 15.0. The molecular weight excluding hydrogens is 222 g/mol. The van der Waals surface area contributed by atoms with Crippen LogP contribution in [-0.2, 0) is 6.42 Å². The van der Waals surface area contributed by atoms with Gasteiger partial charge in [0.2, 0.25) is 0 Å². The molecule has 1 rings (SSSR count). The minimum Gasteiger partial charge on any atom is -0.330 e. The van der Waals surface area contributed by atoms with Gasteiger partial charge in [0.1, 0.15) is 0 Å². The first kappa shape index (κ1) is 15.2. The zero-order chi connectivity index (χ0) is 13.6. The molecule has 0 radical (unpaired) electrons. The van der Waals surface area contributed by atoms with Crippen LogP contribution in [0.1, 0.15) is 65.1 Å². The molecule has 1 aromatic rings. The molecule has 1 atom stereocenters. The van der Waals surface area contributed by atoms with Crippen LogP contribution in [-0.4, -0.2) is 16.3 Å². The van der Waals surface area contributed by atoms with E-state index in [2.05, 4.69) is 44.6 Å². The van der Waals surface area contributed by atoms with Crippen molar-refractivity contribution >= 4 is 0 Å². The molecule has 0 bridgehead atoms. The van der Waals surface area contributed by atoms with Crippen LogP contribution in [0, 0.1) is 5.41 Å². The SMILES string of the molecule is CCCC(C)(CN)Cc1ccn(C(CC)CC)n1. The van der Waals surface area contributed by atoms with Gasteiger partial charge in [0.15, 0.2) is 0 Å². The number of hydrogen-bond donors (Lipinski definition) is 1. The minimum atomic E-state index is 0.196. The van der Waals surface area contributed by atoms with Crippen LogP contribution >= 0.6 is 0 Å². The molecule has 0 aliphatic rings. The Morgan fingerprint density at radius 3 is 2.50 bits per heavy atom. The molecule has 0 aliphatic carbocycles. The molecule has 0 spiro atoms. The van der Waals surface area contributed by atoms with Crippen molar-refractivity contribution in [3.05, 3.63) is 18.0 Å². The van der Waals surface area contributed by atoms with Crippen molar-refractivity contribution < 1.29 is 0 Å². The molecule has 0 amide bonds. The summed E-state index contributed by atoms with van der Waals surface area (Å²) in [7, 11) is 0. The standard InChI is InChI=1S/C15H29N3/c1-5-9-15(4,12-16)11-13-8-10-18(17-13)14(6-2)7-3/h8,10,14H,5-7,9,11-12,16H2,1-4H3. The zero-order valence-corrected chi connectivity index (χ0v) is 12.4. The summed E-state index contributed by atoms with van der Waals surface area (Å²) in [6, 6.07) is 2.69. The first-order chi connectivity index (χ1) is 8.58. The Hall–Kier alpha value is -0.830. The number of rotatable bonds is 8. The maximum Gasteiger partial charge on any atom is 0.0630 e. The fraction of sp³-hybridized carbons (Fsp3) is 0.800. The van der Waals surface area contributed by atoms with Crippen LogP contribution in [0.25, 0.3) is 0 Å². The van der Waals surface area contributed by atoms with Crippen molar-refractivity contribution in [3.63, 3.8) is 0 Å². The molecular formula is C15H29N3. The van der Waals surface area contributed by atoms with E-state index in [1.54, 1.807) is 0 Å². The number of hydrogen-bond acceptors (Lipinski definition) is 2. The van der Waals surface area contributed by atoms with Crippen LogP contribution in [0.3, 0.4) is 0 Å². The Morgan fingerprint density at radius 2 is 2.00 bits per heavy atom. The molecule has 3 heteroatoms. The number of nitrogens with two attached hydrogens (primary N) is 1. The van der Waals surface area contributed by atoms with Crippen molar-refractivity contribution in [1.82, 2.24) is 9.78 Å². The zero-order valence-electron chi connectivity index (χ0n) is 12.4. The summed E-state index contributed by atoms with van der Waals surface area (Å²) >= 11 is 0. The summed E-state index contributed by atoms with van der Waals surface area (Å²) in [5, 5.41) is 4.73. The second kappa shape index (κ2) is 6.93. The third kappa shape index (κ3) is 3.84. The smallest absolute Gasteiger partial charge is 0.0630 e. The number of aromatic nitrogens is 2. The van der Waals surface area contributed by atoms with E-state index in [1.165, 1.54) is 18.5 Å². The van der Waals surface area contributed by atoms with Gasteiger partial charge in [-0.3, -0.25) is 4.68 Å². The fourth-order valence-electron chi connectivity index (χ4n) is 2.64. The molecule has 0 saturated heterocycles. The molecule has 0 aromatic carbocycles. The highest BCUT2D eigenvalue weighted by Crippen LogP contribution is 2.26. The summed E-state index contributed by atoms with van der Waals surface area (Å²) in [6.07, 6.45) is 7.74. The second-order valence-electron chi connectivity index (χ2n) is 5.70. The maximum atomic E-state index is 5.93. The van der Waals surface area contributed by atoms with Gasteiger partial charge in [-0.2, -0.15) is 5.10 Å². The predicted molar refractivity (Wildman–Crippen MR) is 77.6 cm³/mol. The van der Waals surface area contributed by atoms with E-state index in [4.69, 9.17) is 10.8 Å². The molecule has 18 heavy (non-hydrogen) atoms. The summed E-state index contributed by atoms with van der Waals surface area (Å²) in [5.41, 5.74) is 7.31. The Labute approximate surface area is 112 Å². The third-order valence-corrected chi connectivity index (χ3v) is 3.93. The molecule has 104 valence electrons. The lowest BCUT2D eigenvalue weighted by atomic mass is 9.81. The first-order valence-electron chi connectivity index (χ1n) is 7.32. The Balaban J connectivity index is 2.73. The van der Waals surface area contributed by atoms with Crippen molar-refractivity contribution in [2.24, 2.45) is 11.1 Å². The molecule has 0 fully saturated rings. The topological polar surface area (TPSA) is 43.8 Å². The summed E-state index contributed by atoms with van der Waals surface area (Å²) in [4.78, 5) is 0. The van der Waals surface area contributed by atoms with Crippen molar-refractivity contribution in [2.45, 2.75) is 65.8 Å². The van der Waals surface area contributed by atoms with Gasteiger partial charge in [0.25, 0.3) is 0 Å². The lowest BCUT2D eigenvalue weighted by molar-refractivity contribution is 0.297. The molecule has 1 aromatic heterocycles. The van der Waals surface area contributed by atoms with E-state index >= 15 is 0 Å². The molecule has 0 saturated carbocycles. The van der Waals surface area contributed by atoms with E-state index < -0.39 is 0 Å². The van der Waals surface area contributed by atoms with Gasteiger partial charge in [0.05, 0.1) is 11.7 Å². The monoisotopic (exact) mass is 251 g/mol. The van der Waals surface area contributed by atoms with Gasteiger partial charge in [0, 0.05) is 6.20 Å². The van der Waals surface area contributed by atoms with Crippen LogP contribution < -0.4 is 5.73 Å². The highest BCUT2D eigenvalue weighted by atomic mass is 15.3. The Morgan fingerprint density at radius 1 is 1.33 bits per heavy atom. The summed E-state index contributed by atoms with van der Waals surface area (Å²) in [5.74, 6) is 0. The van der Waals surface area contributed by atoms with Crippen molar-refractivity contribution in [2.75, 3.05) is 6.54 Å². The van der Waals surface area contributed by atoms with Crippen molar-refractivity contribution in [1.29, 1.82) is 0 Å². The average Bonchev–Trinajstić information content (AvgIpc) is 2.79. The quantitative estimate of drug-likeness (QED) is 0.768. The lowest BCUT2D eigenvalue weighted by Crippen LogP contribution is -2.29. The van der Waals surface area contributed by atoms with E-state index in [9.17, 15) is 0 Å². The Kier molecular flexibility index (Phi) is 5.86. The van der Waals surface area contributed by atoms with E-state index in [0.717, 1.165) is 25.8 Å². The minimum absolute atomic E-state index is 0.196. The molecule has 1 heterocycles.